The molecule has 5 aromatic rings. The minimum Gasteiger partial charge on any atom is -0.435 e. The van der Waals surface area contributed by atoms with Crippen molar-refractivity contribution in [2.75, 3.05) is 0 Å². The molecule has 0 aliphatic heterocycles. The zero-order valence-corrected chi connectivity index (χ0v) is 32.5. The molecule has 0 heterocycles. The average molecular weight is 809 g/mol. The molecule has 0 spiro atoms. The molecule has 4 unspecified atom stereocenters. The molecule has 12 heteroatoms. The van der Waals surface area contributed by atoms with E-state index in [9.17, 15) is 19.2 Å². The van der Waals surface area contributed by atoms with E-state index in [-0.39, 0.29) is 44.5 Å². The molecular weight excluding hydrogens is 774 g/mol. The largest absolute Gasteiger partial charge is 0.435 e. The minimum absolute atomic E-state index is 0.0765. The highest BCUT2D eigenvalue weighted by atomic mass is 35.5. The van der Waals surface area contributed by atoms with Crippen LogP contribution in [0.15, 0.2) is 133 Å². The van der Waals surface area contributed by atoms with Crippen molar-refractivity contribution in [1.29, 1.82) is 0 Å². The molecule has 54 heavy (non-hydrogen) atoms. The van der Waals surface area contributed by atoms with Crippen LogP contribution in [0.3, 0.4) is 0 Å². The number of esters is 4. The Morgan fingerprint density at radius 3 is 0.667 bits per heavy atom. The quantitative estimate of drug-likeness (QED) is 0.0698. The fourth-order valence-corrected chi connectivity index (χ4v) is 7.71. The average Bonchev–Trinajstić information content (AvgIpc) is 3.14. The first-order valence-corrected chi connectivity index (χ1v) is 18.0. The first kappa shape index (κ1) is 40.3. The first-order valence-electron chi connectivity index (χ1n) is 16.5. The number of alkyl halides is 4. The lowest BCUT2D eigenvalue weighted by molar-refractivity contribution is -0.150. The van der Waals surface area contributed by atoms with Gasteiger partial charge >= 0.3 is 23.9 Å². The summed E-state index contributed by atoms with van der Waals surface area (Å²) in [5.74, 6) is -3.19. The molecule has 5 aromatic carbocycles. The van der Waals surface area contributed by atoms with Crippen molar-refractivity contribution in [3.63, 3.8) is 0 Å². The van der Waals surface area contributed by atoms with Gasteiger partial charge < -0.3 is 18.9 Å². The third kappa shape index (κ3) is 8.12. The van der Waals surface area contributed by atoms with Gasteiger partial charge in [0.25, 0.3) is 0 Å². The Hall–Kier alpha value is -4.86. The van der Waals surface area contributed by atoms with Crippen molar-refractivity contribution < 1.29 is 38.1 Å². The number of halogens is 4. The van der Waals surface area contributed by atoms with Gasteiger partial charge in [-0.1, -0.05) is 168 Å². The standard InChI is InChI=1S/C42H34Cl4O8/c1-27(47)51-39(43,31-17-9-5-10-18-31)35-25-37(41(45,53-29(3)49)33-21-13-7-14-22-33)38(42(46,54-30(4)50)34-23-15-8-16-24-34)26-36(35)40(44,52-28(2)48)32-19-11-6-12-20-32/h5-26H,1-4H3. The van der Waals surface area contributed by atoms with Gasteiger partial charge in [0, 0.05) is 72.2 Å². The minimum atomic E-state index is -2.22. The van der Waals surface area contributed by atoms with Crippen molar-refractivity contribution in [3.05, 3.63) is 178 Å². The van der Waals surface area contributed by atoms with E-state index in [4.69, 9.17) is 65.4 Å². The molecule has 8 nitrogen and oxygen atoms in total. The lowest BCUT2D eigenvalue weighted by Gasteiger charge is -2.40. The fraction of sp³-hybridized carbons (Fsp3) is 0.190. The molecule has 0 aliphatic carbocycles. The van der Waals surface area contributed by atoms with Crippen molar-refractivity contribution in [1.82, 2.24) is 0 Å². The Labute approximate surface area is 332 Å². The molecule has 0 saturated carbocycles. The van der Waals surface area contributed by atoms with E-state index in [1.165, 1.54) is 39.8 Å². The summed E-state index contributed by atoms with van der Waals surface area (Å²) < 4.78 is 23.9. The number of carbonyl (C=O) groups excluding carboxylic acids is 4. The molecule has 0 N–H and O–H groups in total. The van der Waals surface area contributed by atoms with Crippen LogP contribution < -0.4 is 0 Å². The van der Waals surface area contributed by atoms with Gasteiger partial charge in [-0.15, -0.1) is 0 Å². The van der Waals surface area contributed by atoms with Gasteiger partial charge in [-0.3, -0.25) is 19.2 Å². The van der Waals surface area contributed by atoms with E-state index in [2.05, 4.69) is 0 Å². The van der Waals surface area contributed by atoms with Crippen molar-refractivity contribution in [2.45, 2.75) is 47.9 Å². The Kier molecular flexibility index (Phi) is 12.1. The third-order valence-electron chi connectivity index (χ3n) is 8.26. The van der Waals surface area contributed by atoms with Gasteiger partial charge in [-0.2, -0.15) is 0 Å². The molecule has 0 fully saturated rings. The normalized spacial score (nSPS) is 15.6. The molecule has 5 rings (SSSR count). The summed E-state index contributed by atoms with van der Waals surface area (Å²) in [6.07, 6.45) is 0. The molecule has 0 bridgehead atoms. The second-order valence-corrected chi connectivity index (χ2v) is 14.3. The van der Waals surface area contributed by atoms with Crippen LogP contribution in [0.2, 0.25) is 0 Å². The molecule has 0 aromatic heterocycles. The summed E-state index contributed by atoms with van der Waals surface area (Å²) in [5, 5.41) is -8.89. The Morgan fingerprint density at radius 2 is 0.519 bits per heavy atom. The zero-order valence-electron chi connectivity index (χ0n) is 29.5. The molecule has 0 amide bonds. The van der Waals surface area contributed by atoms with Gasteiger partial charge in [0.15, 0.2) is 0 Å². The molecular formula is C42H34Cl4O8. The van der Waals surface area contributed by atoms with E-state index in [1.807, 2.05) is 0 Å². The van der Waals surface area contributed by atoms with E-state index in [0.717, 1.165) is 0 Å². The SMILES string of the molecule is CC(=O)OC(Cl)(c1ccccc1)c1cc(C(Cl)(OC(C)=O)c2ccccc2)c(C(Cl)(OC(C)=O)c2ccccc2)cc1C(Cl)(OC(C)=O)c1ccccc1. The van der Waals surface area contributed by atoms with Gasteiger partial charge in [0.1, 0.15) is 0 Å². The van der Waals surface area contributed by atoms with Gasteiger partial charge in [0.05, 0.1) is 0 Å². The van der Waals surface area contributed by atoms with Crippen LogP contribution in [-0.4, -0.2) is 23.9 Å². The van der Waals surface area contributed by atoms with Crippen LogP contribution in [0.25, 0.3) is 0 Å². The van der Waals surface area contributed by atoms with Crippen LogP contribution in [0, 0.1) is 0 Å². The maximum Gasteiger partial charge on any atom is 0.304 e. The predicted octanol–water partition coefficient (Wildman–Crippen LogP) is 9.70. The smallest absolute Gasteiger partial charge is 0.304 e. The fourth-order valence-electron chi connectivity index (χ4n) is 6.14. The van der Waals surface area contributed by atoms with Crippen LogP contribution in [0.1, 0.15) is 72.2 Å². The van der Waals surface area contributed by atoms with Gasteiger partial charge in [0.2, 0.25) is 20.2 Å². The van der Waals surface area contributed by atoms with Gasteiger partial charge in [-0.05, 0) is 12.1 Å². The second-order valence-electron chi connectivity index (χ2n) is 12.2. The summed E-state index contributed by atoms with van der Waals surface area (Å²) in [5.41, 5.74) is 0.710. The number of hydrogen-bond donors (Lipinski definition) is 0. The highest BCUT2D eigenvalue weighted by molar-refractivity contribution is 6.29. The highest BCUT2D eigenvalue weighted by Gasteiger charge is 2.52. The van der Waals surface area contributed by atoms with Crippen molar-refractivity contribution >= 4 is 70.3 Å². The number of carbonyl (C=O) groups is 4. The third-order valence-corrected chi connectivity index (χ3v) is 10.3. The maximum atomic E-state index is 13.0. The number of hydrogen-bond acceptors (Lipinski definition) is 8. The van der Waals surface area contributed by atoms with E-state index in [1.54, 1.807) is 121 Å². The molecule has 4 atom stereocenters. The zero-order chi connectivity index (χ0) is 39.3. The number of ether oxygens (including phenoxy) is 4. The molecule has 0 radical (unpaired) electrons. The summed E-state index contributed by atoms with van der Waals surface area (Å²) in [7, 11) is 0. The number of rotatable bonds is 12. The Balaban J connectivity index is 2.11. The van der Waals surface area contributed by atoms with Crippen LogP contribution in [0.4, 0.5) is 0 Å². The molecule has 0 saturated heterocycles. The van der Waals surface area contributed by atoms with Crippen LogP contribution >= 0.6 is 46.4 Å². The summed E-state index contributed by atoms with van der Waals surface area (Å²) in [4.78, 5) is 52.0. The van der Waals surface area contributed by atoms with Crippen molar-refractivity contribution in [3.8, 4) is 0 Å². The van der Waals surface area contributed by atoms with Crippen LogP contribution in [0.5, 0.6) is 0 Å². The monoisotopic (exact) mass is 806 g/mol. The predicted molar refractivity (Wildman–Crippen MR) is 206 cm³/mol. The Morgan fingerprint density at radius 1 is 0.352 bits per heavy atom. The summed E-state index contributed by atoms with van der Waals surface area (Å²) >= 11 is 30.2. The van der Waals surface area contributed by atoms with E-state index < -0.39 is 44.1 Å². The van der Waals surface area contributed by atoms with E-state index in [0.29, 0.717) is 0 Å². The van der Waals surface area contributed by atoms with E-state index >= 15 is 0 Å². The summed E-state index contributed by atoms with van der Waals surface area (Å²) in [6, 6.07) is 36.1. The van der Waals surface area contributed by atoms with Crippen LogP contribution in [-0.2, 0) is 58.4 Å². The number of benzene rings is 5. The highest BCUT2D eigenvalue weighted by Crippen LogP contribution is 2.54. The summed E-state index contributed by atoms with van der Waals surface area (Å²) in [6.45, 7) is 4.67. The lowest BCUT2D eigenvalue weighted by atomic mass is 9.81. The molecule has 0 aliphatic rings. The van der Waals surface area contributed by atoms with Crippen molar-refractivity contribution in [2.24, 2.45) is 0 Å². The Bertz CT molecular complexity index is 1850. The lowest BCUT2D eigenvalue weighted by Crippen LogP contribution is -2.39. The maximum absolute atomic E-state index is 13.0. The first-order chi connectivity index (χ1) is 25.5. The second kappa shape index (κ2) is 16.2. The topological polar surface area (TPSA) is 105 Å². The molecule has 278 valence electrons. The van der Waals surface area contributed by atoms with Gasteiger partial charge in [-0.25, -0.2) is 0 Å².